The average molecular weight is 434 g/mol. The Morgan fingerprint density at radius 1 is 1.23 bits per heavy atom. The van der Waals surface area contributed by atoms with Crippen LogP contribution in [0.3, 0.4) is 0 Å². The molecule has 2 fully saturated rings. The largest absolute Gasteiger partial charge is 0.356 e. The molecule has 122 valence electrons. The van der Waals surface area contributed by atoms with Gasteiger partial charge in [0.2, 0.25) is 0 Å². The van der Waals surface area contributed by atoms with Crippen LogP contribution >= 0.6 is 35.6 Å². The Bertz CT molecular complexity index is 507. The van der Waals surface area contributed by atoms with E-state index < -0.39 is 0 Å². The van der Waals surface area contributed by atoms with E-state index in [2.05, 4.69) is 27.8 Å². The Morgan fingerprint density at radius 2 is 1.91 bits per heavy atom. The summed E-state index contributed by atoms with van der Waals surface area (Å²) in [6.45, 7) is 1.97. The Balaban J connectivity index is 0.00000176. The van der Waals surface area contributed by atoms with E-state index in [1.165, 1.54) is 31.2 Å². The number of nitrogens with zero attached hydrogens (tertiary/aromatic N) is 1. The van der Waals surface area contributed by atoms with Crippen LogP contribution in [0.5, 0.6) is 0 Å². The first-order valence-electron chi connectivity index (χ1n) is 7.91. The van der Waals surface area contributed by atoms with Crippen molar-refractivity contribution in [3.63, 3.8) is 0 Å². The third kappa shape index (κ3) is 4.75. The number of halogens is 2. The minimum Gasteiger partial charge on any atom is -0.356 e. The molecule has 2 aliphatic rings. The fraction of sp³-hybridized carbons (Fsp3) is 0.588. The molecule has 0 amide bonds. The van der Waals surface area contributed by atoms with Crippen LogP contribution in [0.2, 0.25) is 5.02 Å². The summed E-state index contributed by atoms with van der Waals surface area (Å²) >= 11 is 5.89. The van der Waals surface area contributed by atoms with E-state index in [-0.39, 0.29) is 24.0 Å². The van der Waals surface area contributed by atoms with Crippen LogP contribution in [0.4, 0.5) is 0 Å². The summed E-state index contributed by atoms with van der Waals surface area (Å²) in [7, 11) is 1.84. The minimum absolute atomic E-state index is 0. The molecule has 22 heavy (non-hydrogen) atoms. The lowest BCUT2D eigenvalue weighted by molar-refractivity contribution is 0.431. The van der Waals surface area contributed by atoms with Crippen LogP contribution in [0.15, 0.2) is 29.3 Å². The second kappa shape index (κ2) is 7.86. The summed E-state index contributed by atoms with van der Waals surface area (Å²) in [5.74, 6) is 1.91. The van der Waals surface area contributed by atoms with Crippen LogP contribution in [-0.2, 0) is 6.42 Å². The summed E-state index contributed by atoms with van der Waals surface area (Å²) in [5, 5.41) is 7.70. The summed E-state index contributed by atoms with van der Waals surface area (Å²) in [6.07, 6.45) is 6.64. The SMILES string of the molecule is CN=C(NCCc1ccc(Cl)cc1)NCC1(C2CC2)CC1.I. The second-order valence-corrected chi connectivity index (χ2v) is 6.80. The van der Waals surface area contributed by atoms with Gasteiger partial charge in [0.1, 0.15) is 0 Å². The van der Waals surface area contributed by atoms with Gasteiger partial charge in [0.15, 0.2) is 5.96 Å². The Labute approximate surface area is 155 Å². The normalized spacial score (nSPS) is 19.3. The lowest BCUT2D eigenvalue weighted by Gasteiger charge is -2.18. The maximum absolute atomic E-state index is 5.89. The summed E-state index contributed by atoms with van der Waals surface area (Å²) in [6, 6.07) is 8.03. The molecule has 3 rings (SSSR count). The number of benzene rings is 1. The molecule has 0 radical (unpaired) electrons. The Morgan fingerprint density at radius 3 is 2.45 bits per heavy atom. The van der Waals surface area contributed by atoms with Crippen LogP contribution in [0.1, 0.15) is 31.2 Å². The third-order valence-corrected chi connectivity index (χ3v) is 5.04. The molecule has 1 aromatic carbocycles. The second-order valence-electron chi connectivity index (χ2n) is 6.37. The molecule has 0 spiro atoms. The maximum atomic E-state index is 5.89. The molecule has 3 nitrogen and oxygen atoms in total. The number of nitrogens with one attached hydrogen (secondary N) is 2. The number of rotatable bonds is 6. The zero-order valence-corrected chi connectivity index (χ0v) is 16.2. The van der Waals surface area contributed by atoms with Crippen LogP contribution in [0.25, 0.3) is 0 Å². The predicted molar refractivity (Wildman–Crippen MR) is 104 cm³/mol. The van der Waals surface area contributed by atoms with Crippen LogP contribution < -0.4 is 10.6 Å². The lowest BCUT2D eigenvalue weighted by atomic mass is 10.0. The summed E-state index contributed by atoms with van der Waals surface area (Å²) < 4.78 is 0. The fourth-order valence-electron chi connectivity index (χ4n) is 3.04. The molecule has 0 aliphatic heterocycles. The van der Waals surface area contributed by atoms with E-state index in [1.807, 2.05) is 19.2 Å². The van der Waals surface area contributed by atoms with Gasteiger partial charge in [0.25, 0.3) is 0 Å². The first-order valence-corrected chi connectivity index (χ1v) is 8.29. The van der Waals surface area contributed by atoms with Crippen molar-refractivity contribution in [2.45, 2.75) is 32.1 Å². The minimum atomic E-state index is 0. The number of hydrogen-bond donors (Lipinski definition) is 2. The smallest absolute Gasteiger partial charge is 0.191 e. The zero-order chi connectivity index (χ0) is 14.7. The first kappa shape index (κ1) is 17.9. The highest BCUT2D eigenvalue weighted by atomic mass is 127. The van der Waals surface area contributed by atoms with Crippen molar-refractivity contribution in [3.05, 3.63) is 34.9 Å². The number of hydrogen-bond acceptors (Lipinski definition) is 1. The van der Waals surface area contributed by atoms with Crippen LogP contribution in [0, 0.1) is 11.3 Å². The fourth-order valence-corrected chi connectivity index (χ4v) is 3.17. The number of aliphatic imine (C=N–C) groups is 1. The average Bonchev–Trinajstić information content (AvgIpc) is 3.38. The molecule has 1 aromatic rings. The number of guanidine groups is 1. The standard InChI is InChI=1S/C17H24ClN3.HI/c1-19-16(21-12-17(9-10-17)14-4-5-14)20-11-8-13-2-6-15(18)7-3-13;/h2-3,6-7,14H,4-5,8-12H2,1H3,(H2,19,20,21);1H. The van der Waals surface area contributed by atoms with Gasteiger partial charge in [-0.1, -0.05) is 23.7 Å². The van der Waals surface area contributed by atoms with Crippen molar-refractivity contribution in [2.75, 3.05) is 20.1 Å². The van der Waals surface area contributed by atoms with Gasteiger partial charge in [-0.2, -0.15) is 0 Å². The molecule has 0 heterocycles. The van der Waals surface area contributed by atoms with Gasteiger partial charge in [0, 0.05) is 25.2 Å². The molecular weight excluding hydrogens is 409 g/mol. The monoisotopic (exact) mass is 433 g/mol. The van der Waals surface area contributed by atoms with E-state index in [9.17, 15) is 0 Å². The highest BCUT2D eigenvalue weighted by Crippen LogP contribution is 2.60. The van der Waals surface area contributed by atoms with Gasteiger partial charge in [0.05, 0.1) is 0 Å². The Hall–Kier alpha value is -0.490. The molecule has 2 N–H and O–H groups in total. The Kier molecular flexibility index (Phi) is 6.38. The van der Waals surface area contributed by atoms with Gasteiger partial charge in [-0.3, -0.25) is 4.99 Å². The van der Waals surface area contributed by atoms with Gasteiger partial charge >= 0.3 is 0 Å². The topological polar surface area (TPSA) is 36.4 Å². The lowest BCUT2D eigenvalue weighted by Crippen LogP contribution is -2.41. The van der Waals surface area contributed by atoms with Gasteiger partial charge in [-0.05, 0) is 61.1 Å². The first-order chi connectivity index (χ1) is 10.2. The van der Waals surface area contributed by atoms with Gasteiger partial charge < -0.3 is 10.6 Å². The highest BCUT2D eigenvalue weighted by molar-refractivity contribution is 14.0. The molecule has 2 saturated carbocycles. The molecule has 5 heteroatoms. The van der Waals surface area contributed by atoms with Crippen molar-refractivity contribution in [3.8, 4) is 0 Å². The quantitative estimate of drug-likeness (QED) is 0.406. The van der Waals surface area contributed by atoms with E-state index in [0.29, 0.717) is 5.41 Å². The van der Waals surface area contributed by atoms with E-state index in [0.717, 1.165) is 36.4 Å². The van der Waals surface area contributed by atoms with Crippen molar-refractivity contribution < 1.29 is 0 Å². The molecular formula is C17H25ClIN3. The molecule has 2 aliphatic carbocycles. The summed E-state index contributed by atoms with van der Waals surface area (Å²) in [5.41, 5.74) is 1.90. The molecule has 0 bridgehead atoms. The van der Waals surface area contributed by atoms with Crippen molar-refractivity contribution in [2.24, 2.45) is 16.3 Å². The molecule has 0 atom stereocenters. The molecule has 0 aromatic heterocycles. The molecule has 0 unspecified atom stereocenters. The zero-order valence-electron chi connectivity index (χ0n) is 13.1. The summed E-state index contributed by atoms with van der Waals surface area (Å²) in [4.78, 5) is 4.32. The highest BCUT2D eigenvalue weighted by Gasteiger charge is 2.53. The van der Waals surface area contributed by atoms with Crippen LogP contribution in [-0.4, -0.2) is 26.1 Å². The van der Waals surface area contributed by atoms with E-state index >= 15 is 0 Å². The maximum Gasteiger partial charge on any atom is 0.191 e. The van der Waals surface area contributed by atoms with Gasteiger partial charge in [-0.15, -0.1) is 24.0 Å². The third-order valence-electron chi connectivity index (χ3n) is 4.79. The van der Waals surface area contributed by atoms with E-state index in [1.54, 1.807) is 0 Å². The van der Waals surface area contributed by atoms with Gasteiger partial charge in [-0.25, -0.2) is 0 Å². The van der Waals surface area contributed by atoms with Crippen molar-refractivity contribution in [1.29, 1.82) is 0 Å². The van der Waals surface area contributed by atoms with E-state index in [4.69, 9.17) is 11.6 Å². The molecule has 0 saturated heterocycles. The van der Waals surface area contributed by atoms with Crippen molar-refractivity contribution in [1.82, 2.24) is 10.6 Å². The van der Waals surface area contributed by atoms with Crippen molar-refractivity contribution >= 4 is 41.5 Å². The predicted octanol–water partition coefficient (Wildman–Crippen LogP) is 3.86.